The lowest BCUT2D eigenvalue weighted by atomic mass is 9.97. The van der Waals surface area contributed by atoms with E-state index < -0.39 is 89.7 Å². The maximum absolute atomic E-state index is 14.2. The van der Waals surface area contributed by atoms with Gasteiger partial charge in [0, 0.05) is 32.7 Å². The first-order valence-corrected chi connectivity index (χ1v) is 19.7. The number of nitrogens with one attached hydrogen (secondary N) is 7. The first-order chi connectivity index (χ1) is 27.9. The summed E-state index contributed by atoms with van der Waals surface area (Å²) in [6, 6.07) is -2.15. The number of benzene rings is 1. The summed E-state index contributed by atoms with van der Waals surface area (Å²) in [5.41, 5.74) is 24.8. The standard InChI is InChI=1S/C38H63N13O8/c1-20(2)16-29-36(57)47-27(9-13-40)33(54)46-28(10-14-41)35(56)50-31(21(3)52)38(59)44-15-11-25(43)32(53)45-26(8-12-39)34(55)49-30(37(58)48-29)18-22-6-7-24(51(4)5)17-23(22)19-42/h6-7,17,20-21,25-31,52H,8-16,18,39-41,43H2,1-5H3,(H,44,59)(H,45,53)(H,46,54)(H,47,57)(H,48,58)(H,49,55)(H,50,56)/t21?,25-,26-,27-,28-,29-,30+,31-/m0/s1. The molecule has 0 aromatic heterocycles. The van der Waals surface area contributed by atoms with Crippen molar-refractivity contribution in [3.8, 4) is 6.07 Å². The Morgan fingerprint density at radius 3 is 1.64 bits per heavy atom. The first kappa shape index (κ1) is 49.7. The third kappa shape index (κ3) is 15.7. The average Bonchev–Trinajstić information content (AvgIpc) is 3.17. The Balaban J connectivity index is 2.68. The molecule has 1 aliphatic heterocycles. The molecule has 16 N–H and O–H groups in total. The Morgan fingerprint density at radius 1 is 0.712 bits per heavy atom. The van der Waals surface area contributed by atoms with Gasteiger partial charge < -0.3 is 70.2 Å². The van der Waals surface area contributed by atoms with E-state index in [4.69, 9.17) is 22.9 Å². The normalized spacial score (nSPS) is 25.3. The second-order valence-electron chi connectivity index (χ2n) is 15.1. The summed E-state index contributed by atoms with van der Waals surface area (Å²) in [5, 5.41) is 38.4. The van der Waals surface area contributed by atoms with E-state index in [1.54, 1.807) is 51.0 Å². The Bertz CT molecular complexity index is 1670. The maximum atomic E-state index is 14.2. The van der Waals surface area contributed by atoms with Gasteiger partial charge in [-0.15, -0.1) is 0 Å². The van der Waals surface area contributed by atoms with E-state index in [2.05, 4.69) is 43.3 Å². The van der Waals surface area contributed by atoms with Crippen molar-refractivity contribution in [3.05, 3.63) is 29.3 Å². The molecular weight excluding hydrogens is 767 g/mol. The van der Waals surface area contributed by atoms with Crippen LogP contribution in [0, 0.1) is 17.2 Å². The van der Waals surface area contributed by atoms with Crippen molar-refractivity contribution in [1.29, 1.82) is 5.26 Å². The van der Waals surface area contributed by atoms with Crippen molar-refractivity contribution in [2.45, 2.75) is 108 Å². The van der Waals surface area contributed by atoms with Crippen LogP contribution in [0.1, 0.15) is 64.0 Å². The number of rotatable bonds is 12. The highest BCUT2D eigenvalue weighted by Gasteiger charge is 2.35. The van der Waals surface area contributed by atoms with E-state index in [0.717, 1.165) is 0 Å². The highest BCUT2D eigenvalue weighted by molar-refractivity contribution is 5.97. The highest BCUT2D eigenvalue weighted by Crippen LogP contribution is 2.19. The number of nitrogens with zero attached hydrogens (tertiary/aromatic N) is 2. The van der Waals surface area contributed by atoms with Crippen LogP contribution in [0.3, 0.4) is 0 Å². The Morgan fingerprint density at radius 2 is 1.17 bits per heavy atom. The second kappa shape index (κ2) is 24.5. The van der Waals surface area contributed by atoms with Crippen LogP contribution in [-0.2, 0) is 40.0 Å². The fourth-order valence-corrected chi connectivity index (χ4v) is 6.18. The summed E-state index contributed by atoms with van der Waals surface area (Å²) in [7, 11) is 3.58. The SMILES string of the molecule is CC(C)C[C@@H]1NC(=O)[C@@H](Cc2ccc(N(C)C)cc2C#N)NC(=O)[C@H](CCN)NC(=O)[C@@H](N)CCNC(=O)[C@H](C(C)O)NC(=O)[C@H](CCN)NC(=O)[C@H](CCN)NC1=O. The number of carbonyl (C=O) groups excluding carboxylic acids is 7. The Hall–Kier alpha value is -5.40. The van der Waals surface area contributed by atoms with Gasteiger partial charge >= 0.3 is 0 Å². The molecule has 0 spiro atoms. The van der Waals surface area contributed by atoms with Crippen LogP contribution in [0.15, 0.2) is 18.2 Å². The van der Waals surface area contributed by atoms with Crippen molar-refractivity contribution in [2.75, 3.05) is 45.2 Å². The molecule has 328 valence electrons. The average molecular weight is 830 g/mol. The molecule has 8 atom stereocenters. The van der Waals surface area contributed by atoms with Gasteiger partial charge in [-0.3, -0.25) is 33.6 Å². The van der Waals surface area contributed by atoms with Gasteiger partial charge in [0.1, 0.15) is 36.3 Å². The van der Waals surface area contributed by atoms with Crippen molar-refractivity contribution in [3.63, 3.8) is 0 Å². The summed E-state index contributed by atoms with van der Waals surface area (Å²) in [5.74, 6) is -5.82. The van der Waals surface area contributed by atoms with Gasteiger partial charge in [0.2, 0.25) is 41.4 Å². The number of nitrogens with two attached hydrogens (primary N) is 4. The fraction of sp³-hybridized carbons (Fsp3) is 0.632. The molecule has 0 aliphatic carbocycles. The molecular formula is C38H63N13O8. The molecule has 1 saturated heterocycles. The third-order valence-corrected chi connectivity index (χ3v) is 9.55. The number of anilines is 1. The van der Waals surface area contributed by atoms with Gasteiger partial charge in [0.15, 0.2) is 0 Å². The Kier molecular flexibility index (Phi) is 20.7. The van der Waals surface area contributed by atoms with E-state index in [-0.39, 0.29) is 76.2 Å². The van der Waals surface area contributed by atoms with Crippen LogP contribution >= 0.6 is 0 Å². The molecule has 0 radical (unpaired) electrons. The summed E-state index contributed by atoms with van der Waals surface area (Å²) < 4.78 is 0. The fourth-order valence-electron chi connectivity index (χ4n) is 6.18. The lowest BCUT2D eigenvalue weighted by molar-refractivity contribution is -0.136. The number of amides is 7. The minimum atomic E-state index is -1.49. The van der Waals surface area contributed by atoms with Gasteiger partial charge in [-0.05, 0) is 82.3 Å². The van der Waals surface area contributed by atoms with E-state index in [1.165, 1.54) is 6.92 Å². The zero-order chi connectivity index (χ0) is 44.4. The van der Waals surface area contributed by atoms with E-state index in [0.29, 0.717) is 11.3 Å². The van der Waals surface area contributed by atoms with Crippen LogP contribution in [-0.4, -0.2) is 135 Å². The van der Waals surface area contributed by atoms with Crippen molar-refractivity contribution >= 4 is 47.0 Å². The minimum Gasteiger partial charge on any atom is -0.391 e. The number of aliphatic hydroxyl groups is 1. The summed E-state index contributed by atoms with van der Waals surface area (Å²) in [6.07, 6.45) is -1.89. The molecule has 1 heterocycles. The molecule has 59 heavy (non-hydrogen) atoms. The van der Waals surface area contributed by atoms with E-state index >= 15 is 0 Å². The zero-order valence-corrected chi connectivity index (χ0v) is 34.5. The molecule has 1 unspecified atom stereocenters. The minimum absolute atomic E-state index is 0.0577. The van der Waals surface area contributed by atoms with Gasteiger partial charge in [0.05, 0.1) is 23.8 Å². The lowest BCUT2D eigenvalue weighted by Crippen LogP contribution is -2.61. The molecule has 0 saturated carbocycles. The second-order valence-corrected chi connectivity index (χ2v) is 15.1. The predicted molar refractivity (Wildman–Crippen MR) is 219 cm³/mol. The van der Waals surface area contributed by atoms with E-state index in [1.807, 2.05) is 0 Å². The number of aliphatic hydroxyl groups excluding tert-OH is 1. The van der Waals surface area contributed by atoms with Crippen molar-refractivity contribution in [2.24, 2.45) is 28.9 Å². The Labute approximate surface area is 344 Å². The van der Waals surface area contributed by atoms with Crippen molar-refractivity contribution < 1.29 is 38.7 Å². The monoisotopic (exact) mass is 829 g/mol. The topological polar surface area (TPSA) is 355 Å². The molecule has 1 fully saturated rings. The number of hydrogen-bond donors (Lipinski definition) is 12. The lowest BCUT2D eigenvalue weighted by Gasteiger charge is -2.28. The molecule has 1 aliphatic rings. The van der Waals surface area contributed by atoms with Crippen LogP contribution < -0.4 is 65.1 Å². The van der Waals surface area contributed by atoms with Crippen molar-refractivity contribution in [1.82, 2.24) is 37.2 Å². The molecule has 2 rings (SSSR count). The molecule has 21 heteroatoms. The largest absolute Gasteiger partial charge is 0.391 e. The van der Waals surface area contributed by atoms with E-state index in [9.17, 15) is 43.9 Å². The number of hydrogen-bond acceptors (Lipinski definition) is 14. The maximum Gasteiger partial charge on any atom is 0.245 e. The first-order valence-electron chi connectivity index (χ1n) is 19.7. The molecule has 1 aromatic carbocycles. The zero-order valence-electron chi connectivity index (χ0n) is 34.5. The van der Waals surface area contributed by atoms with Gasteiger partial charge in [-0.25, -0.2) is 0 Å². The summed E-state index contributed by atoms with van der Waals surface area (Å²) in [6.45, 7) is 4.50. The molecule has 1 aromatic rings. The van der Waals surface area contributed by atoms with Crippen LogP contribution in [0.25, 0.3) is 0 Å². The summed E-state index contributed by atoms with van der Waals surface area (Å²) >= 11 is 0. The third-order valence-electron chi connectivity index (χ3n) is 9.55. The van der Waals surface area contributed by atoms with Crippen LogP contribution in [0.5, 0.6) is 0 Å². The van der Waals surface area contributed by atoms with Gasteiger partial charge in [-0.2, -0.15) is 5.26 Å². The number of carbonyl (C=O) groups is 7. The molecule has 21 nitrogen and oxygen atoms in total. The van der Waals surface area contributed by atoms with Crippen LogP contribution in [0.2, 0.25) is 0 Å². The number of nitriles is 1. The predicted octanol–water partition coefficient (Wildman–Crippen LogP) is -4.60. The summed E-state index contributed by atoms with van der Waals surface area (Å²) in [4.78, 5) is 97.2. The quantitative estimate of drug-likeness (QED) is 0.0944. The molecule has 7 amide bonds. The van der Waals surface area contributed by atoms with Gasteiger partial charge in [0.25, 0.3) is 0 Å². The molecule has 0 bridgehead atoms. The van der Waals surface area contributed by atoms with Crippen LogP contribution in [0.4, 0.5) is 5.69 Å². The highest BCUT2D eigenvalue weighted by atomic mass is 16.3. The smallest absolute Gasteiger partial charge is 0.245 e. The van der Waals surface area contributed by atoms with Gasteiger partial charge in [-0.1, -0.05) is 19.9 Å².